The van der Waals surface area contributed by atoms with Crippen LogP contribution in [-0.2, 0) is 22.6 Å². The zero-order valence-corrected chi connectivity index (χ0v) is 20.1. The lowest BCUT2D eigenvalue weighted by Gasteiger charge is -2.26. The first-order valence-corrected chi connectivity index (χ1v) is 12.0. The van der Waals surface area contributed by atoms with Gasteiger partial charge in [-0.2, -0.15) is 0 Å². The molecule has 0 saturated carbocycles. The van der Waals surface area contributed by atoms with Crippen molar-refractivity contribution < 1.29 is 19.5 Å². The van der Waals surface area contributed by atoms with Gasteiger partial charge in [0.15, 0.2) is 0 Å². The summed E-state index contributed by atoms with van der Waals surface area (Å²) in [7, 11) is 0. The average molecular weight is 476 g/mol. The van der Waals surface area contributed by atoms with Gasteiger partial charge in [0.2, 0.25) is 0 Å². The molecule has 3 amide bonds. The molecule has 0 aliphatic rings. The van der Waals surface area contributed by atoms with Crippen LogP contribution >= 0.6 is 0 Å². The fraction of sp³-hybridized carbons (Fsp3) is 0.321. The second kappa shape index (κ2) is 12.8. The zero-order chi connectivity index (χ0) is 25.2. The number of aliphatic hydroxyl groups is 1. The molecule has 4 N–H and O–H groups in total. The second-order valence-electron chi connectivity index (χ2n) is 8.56. The van der Waals surface area contributed by atoms with E-state index in [1.807, 2.05) is 49.4 Å². The van der Waals surface area contributed by atoms with E-state index >= 15 is 0 Å². The molecule has 0 saturated heterocycles. The molecule has 0 radical (unpaired) electrons. The molecule has 0 aliphatic heterocycles. The number of hydrogen-bond donors (Lipinski definition) is 3. The van der Waals surface area contributed by atoms with E-state index in [2.05, 4.69) is 5.32 Å². The standard InChI is InChI=1S/C28H33N3O4/c1-2-3-6-15-31(26(33)19-32)28(35)25(30-27(34)23-13-9-20(18-29)10-14-23)17-21-11-12-22-7-4-5-8-24(22)16-21/h4-5,7-14,16,25,32H,2-3,6,15,17-19,29H2,1H3,(H,30,34)/t25-/m0/s1. The smallest absolute Gasteiger partial charge is 0.254 e. The van der Waals surface area contributed by atoms with Crippen molar-refractivity contribution >= 4 is 28.5 Å². The van der Waals surface area contributed by atoms with Crippen LogP contribution in [0.2, 0.25) is 0 Å². The summed E-state index contributed by atoms with van der Waals surface area (Å²) in [6.07, 6.45) is 2.60. The zero-order valence-electron chi connectivity index (χ0n) is 20.1. The second-order valence-corrected chi connectivity index (χ2v) is 8.56. The Balaban J connectivity index is 1.89. The summed E-state index contributed by atoms with van der Waals surface area (Å²) in [6.45, 7) is 1.82. The average Bonchev–Trinajstić information content (AvgIpc) is 2.90. The number of rotatable bonds is 11. The normalized spacial score (nSPS) is 11.7. The number of nitrogens with one attached hydrogen (secondary N) is 1. The van der Waals surface area contributed by atoms with Crippen molar-refractivity contribution in [3.8, 4) is 0 Å². The molecule has 0 aromatic heterocycles. The van der Waals surface area contributed by atoms with E-state index in [1.54, 1.807) is 24.3 Å². The molecule has 3 aromatic rings. The summed E-state index contributed by atoms with van der Waals surface area (Å²) in [5.41, 5.74) is 7.78. The molecule has 7 heteroatoms. The van der Waals surface area contributed by atoms with E-state index in [9.17, 15) is 19.5 Å². The molecule has 35 heavy (non-hydrogen) atoms. The number of hydrogen-bond acceptors (Lipinski definition) is 5. The third-order valence-electron chi connectivity index (χ3n) is 6.00. The maximum Gasteiger partial charge on any atom is 0.254 e. The van der Waals surface area contributed by atoms with E-state index in [4.69, 9.17) is 5.73 Å². The number of nitrogens with two attached hydrogens (primary N) is 1. The number of aliphatic hydroxyl groups excluding tert-OH is 1. The molecular formula is C28H33N3O4. The number of amides is 3. The molecular weight excluding hydrogens is 442 g/mol. The molecule has 3 rings (SSSR count). The minimum absolute atomic E-state index is 0.196. The van der Waals surface area contributed by atoms with Gasteiger partial charge < -0.3 is 16.2 Å². The first-order valence-electron chi connectivity index (χ1n) is 12.0. The highest BCUT2D eigenvalue weighted by atomic mass is 16.3. The van der Waals surface area contributed by atoms with Gasteiger partial charge in [-0.25, -0.2) is 0 Å². The summed E-state index contributed by atoms with van der Waals surface area (Å²) in [4.78, 5) is 40.1. The summed E-state index contributed by atoms with van der Waals surface area (Å²) in [5.74, 6) is -1.62. The van der Waals surface area contributed by atoms with Crippen LogP contribution in [0.3, 0.4) is 0 Å². The lowest BCUT2D eigenvalue weighted by atomic mass is 10.00. The molecule has 0 unspecified atom stereocenters. The SMILES string of the molecule is CCCCCN(C(=O)CO)C(=O)[C@H](Cc1ccc2ccccc2c1)NC(=O)c1ccc(CN)cc1. The van der Waals surface area contributed by atoms with Gasteiger partial charge in [-0.15, -0.1) is 0 Å². The molecule has 0 fully saturated rings. The Morgan fingerprint density at radius 3 is 2.29 bits per heavy atom. The van der Waals surface area contributed by atoms with Crippen LogP contribution < -0.4 is 11.1 Å². The van der Waals surface area contributed by atoms with Crippen LogP contribution in [-0.4, -0.2) is 46.9 Å². The summed E-state index contributed by atoms with van der Waals surface area (Å²) in [5, 5.41) is 14.4. The van der Waals surface area contributed by atoms with Gasteiger partial charge in [0, 0.05) is 25.1 Å². The predicted octanol–water partition coefficient (Wildman–Crippen LogP) is 3.18. The van der Waals surface area contributed by atoms with E-state index in [0.717, 1.165) is 39.6 Å². The largest absolute Gasteiger partial charge is 0.387 e. The van der Waals surface area contributed by atoms with Gasteiger partial charge >= 0.3 is 0 Å². The van der Waals surface area contributed by atoms with Gasteiger partial charge in [-0.3, -0.25) is 19.3 Å². The Morgan fingerprint density at radius 2 is 1.63 bits per heavy atom. The van der Waals surface area contributed by atoms with Gasteiger partial charge in [-0.05, 0) is 40.5 Å². The van der Waals surface area contributed by atoms with Gasteiger partial charge in [0.1, 0.15) is 12.6 Å². The van der Waals surface area contributed by atoms with Crippen molar-refractivity contribution in [2.45, 2.75) is 45.2 Å². The first kappa shape index (κ1) is 26.1. The Kier molecular flexibility index (Phi) is 9.52. The molecule has 184 valence electrons. The van der Waals surface area contributed by atoms with Crippen molar-refractivity contribution in [1.82, 2.24) is 10.2 Å². The molecule has 0 aliphatic carbocycles. The predicted molar refractivity (Wildman–Crippen MR) is 137 cm³/mol. The third-order valence-corrected chi connectivity index (χ3v) is 6.00. The van der Waals surface area contributed by atoms with E-state index in [0.29, 0.717) is 18.5 Å². The van der Waals surface area contributed by atoms with Crippen molar-refractivity contribution in [2.75, 3.05) is 13.2 Å². The van der Waals surface area contributed by atoms with Crippen LogP contribution in [0, 0.1) is 0 Å². The number of unbranched alkanes of at least 4 members (excludes halogenated alkanes) is 2. The molecule has 7 nitrogen and oxygen atoms in total. The van der Waals surface area contributed by atoms with Crippen LogP contribution in [0.1, 0.15) is 47.7 Å². The van der Waals surface area contributed by atoms with Crippen molar-refractivity contribution in [1.29, 1.82) is 0 Å². The third kappa shape index (κ3) is 6.97. The van der Waals surface area contributed by atoms with E-state index in [1.165, 1.54) is 0 Å². The number of nitrogens with zero attached hydrogens (tertiary/aromatic N) is 1. The Bertz CT molecular complexity index is 1160. The number of benzene rings is 3. The summed E-state index contributed by atoms with van der Waals surface area (Å²) >= 11 is 0. The fourth-order valence-electron chi connectivity index (χ4n) is 3.99. The summed E-state index contributed by atoms with van der Waals surface area (Å²) < 4.78 is 0. The molecule has 1 atom stereocenters. The molecule has 3 aromatic carbocycles. The maximum absolute atomic E-state index is 13.5. The number of imide groups is 1. The number of carbonyl (C=O) groups is 3. The monoisotopic (exact) mass is 475 g/mol. The van der Waals surface area contributed by atoms with Crippen LogP contribution in [0.15, 0.2) is 66.7 Å². The Hall–Kier alpha value is -3.55. The number of carbonyl (C=O) groups excluding carboxylic acids is 3. The van der Waals surface area contributed by atoms with Gasteiger partial charge in [0.05, 0.1) is 0 Å². The van der Waals surface area contributed by atoms with Crippen molar-refractivity contribution in [2.24, 2.45) is 5.73 Å². The Morgan fingerprint density at radius 1 is 0.943 bits per heavy atom. The highest BCUT2D eigenvalue weighted by Crippen LogP contribution is 2.18. The minimum atomic E-state index is -0.977. The lowest BCUT2D eigenvalue weighted by molar-refractivity contribution is -0.148. The van der Waals surface area contributed by atoms with E-state index < -0.39 is 30.4 Å². The van der Waals surface area contributed by atoms with Gasteiger partial charge in [-0.1, -0.05) is 74.4 Å². The molecule has 0 bridgehead atoms. The molecule has 0 spiro atoms. The highest BCUT2D eigenvalue weighted by Gasteiger charge is 2.30. The van der Waals surface area contributed by atoms with Crippen LogP contribution in [0.25, 0.3) is 10.8 Å². The van der Waals surface area contributed by atoms with Crippen molar-refractivity contribution in [3.63, 3.8) is 0 Å². The fourth-order valence-corrected chi connectivity index (χ4v) is 3.99. The first-order chi connectivity index (χ1) is 17.0. The minimum Gasteiger partial charge on any atom is -0.387 e. The summed E-state index contributed by atoms with van der Waals surface area (Å²) in [6, 6.07) is 19.6. The molecule has 0 heterocycles. The van der Waals surface area contributed by atoms with Gasteiger partial charge in [0.25, 0.3) is 17.7 Å². The van der Waals surface area contributed by atoms with Crippen LogP contribution in [0.5, 0.6) is 0 Å². The lowest BCUT2D eigenvalue weighted by Crippen LogP contribution is -2.52. The Labute approximate surface area is 205 Å². The van der Waals surface area contributed by atoms with Crippen molar-refractivity contribution in [3.05, 3.63) is 83.4 Å². The van der Waals surface area contributed by atoms with E-state index in [-0.39, 0.29) is 13.0 Å². The highest BCUT2D eigenvalue weighted by molar-refractivity contribution is 6.02. The number of fused-ring (bicyclic) bond motifs is 1. The maximum atomic E-state index is 13.5. The quantitative estimate of drug-likeness (QED) is 0.369. The van der Waals surface area contributed by atoms with Crippen LogP contribution in [0.4, 0.5) is 0 Å². The topological polar surface area (TPSA) is 113 Å².